The van der Waals surface area contributed by atoms with Gasteiger partial charge in [0.1, 0.15) is 34.8 Å². The molecule has 0 unspecified atom stereocenters. The number of benzene rings is 3. The molecule has 19 heteroatoms. The van der Waals surface area contributed by atoms with E-state index in [9.17, 15) is 36.0 Å². The summed E-state index contributed by atoms with van der Waals surface area (Å²) >= 11 is 0. The van der Waals surface area contributed by atoms with Crippen LogP contribution in [-0.2, 0) is 30.6 Å². The quantitative estimate of drug-likeness (QED) is 0.112. The molecule has 15 nitrogen and oxygen atoms in total. The van der Waals surface area contributed by atoms with Gasteiger partial charge in [-0.3, -0.25) is 23.9 Å². The Kier molecular flexibility index (Phi) is 11.4. The molecule has 2 saturated carbocycles. The van der Waals surface area contributed by atoms with Crippen LogP contribution in [0.3, 0.4) is 0 Å². The normalized spacial score (nSPS) is 21.4. The number of hydrogen-bond donors (Lipinski definition) is 3. The number of amides is 4. The Morgan fingerprint density at radius 1 is 1.00 bits per heavy atom. The van der Waals surface area contributed by atoms with E-state index in [1.165, 1.54) is 28.0 Å². The van der Waals surface area contributed by atoms with Gasteiger partial charge in [-0.05, 0) is 67.1 Å². The summed E-state index contributed by atoms with van der Waals surface area (Å²) in [4.78, 5) is 68.4. The molecule has 2 aromatic heterocycles. The van der Waals surface area contributed by atoms with Crippen LogP contribution in [0, 0.1) is 11.3 Å². The highest BCUT2D eigenvalue weighted by Gasteiger charge is 2.62. The molecule has 5 aromatic rings. The summed E-state index contributed by atoms with van der Waals surface area (Å²) in [6, 6.07) is 15.7. The van der Waals surface area contributed by atoms with Crippen LogP contribution in [0.25, 0.3) is 33.5 Å². The Hall–Kier alpha value is -6.50. The number of ether oxygens (including phenoxy) is 1. The van der Waals surface area contributed by atoms with Crippen LogP contribution < -0.4 is 20.1 Å². The third kappa shape index (κ3) is 8.97. The fraction of sp³-hybridized carbons (Fsp3) is 0.391. The van der Waals surface area contributed by atoms with Crippen LogP contribution in [0.4, 0.5) is 18.9 Å². The van der Waals surface area contributed by atoms with Crippen LogP contribution in [0.5, 0.6) is 5.88 Å². The molecule has 3 aromatic carbocycles. The minimum absolute atomic E-state index is 0.0262. The van der Waals surface area contributed by atoms with Crippen molar-refractivity contribution in [3.63, 3.8) is 0 Å². The van der Waals surface area contributed by atoms with E-state index in [2.05, 4.69) is 31.9 Å². The maximum atomic E-state index is 15.1. The smallest absolute Gasteiger partial charge is 0.416 e. The molecular formula is C46H48F3N7O8S. The zero-order chi connectivity index (χ0) is 46.8. The zero-order valence-corrected chi connectivity index (χ0v) is 37.0. The summed E-state index contributed by atoms with van der Waals surface area (Å²) in [5.41, 5.74) is -1.38. The second-order valence-electron chi connectivity index (χ2n) is 18.1. The summed E-state index contributed by atoms with van der Waals surface area (Å²) in [5, 5.41) is 5.95. The Bertz CT molecular complexity index is 2840. The number of nitrogens with zero attached hydrogens (tertiary/aromatic N) is 4. The van der Waals surface area contributed by atoms with Crippen molar-refractivity contribution in [2.45, 2.75) is 81.6 Å². The van der Waals surface area contributed by atoms with Crippen molar-refractivity contribution in [1.82, 2.24) is 29.8 Å². The van der Waals surface area contributed by atoms with Gasteiger partial charge < -0.3 is 29.6 Å². The van der Waals surface area contributed by atoms with E-state index in [0.717, 1.165) is 12.1 Å². The van der Waals surface area contributed by atoms with Crippen molar-refractivity contribution in [2.24, 2.45) is 11.3 Å². The van der Waals surface area contributed by atoms with Gasteiger partial charge in [-0.15, -0.1) is 6.58 Å². The molecule has 0 spiro atoms. The van der Waals surface area contributed by atoms with Crippen molar-refractivity contribution in [3.05, 3.63) is 96.6 Å². The molecule has 5 atom stereocenters. The van der Waals surface area contributed by atoms with E-state index >= 15 is 4.79 Å². The van der Waals surface area contributed by atoms with E-state index in [1.54, 1.807) is 62.6 Å². The average molecular weight is 916 g/mol. The van der Waals surface area contributed by atoms with E-state index in [4.69, 9.17) is 9.15 Å². The average Bonchev–Trinajstić information content (AvgIpc) is 4.16. The van der Waals surface area contributed by atoms with Crippen molar-refractivity contribution in [3.8, 4) is 17.3 Å². The minimum Gasteiger partial charge on any atom is -0.470 e. The Morgan fingerprint density at radius 3 is 2.34 bits per heavy atom. The number of fused-ring (bicyclic) bond motifs is 3. The lowest BCUT2D eigenvalue weighted by Crippen LogP contribution is -2.58. The first kappa shape index (κ1) is 45.1. The molecule has 8 rings (SSSR count). The number of likely N-dealkylation sites (tertiary alicyclic amines) is 1. The lowest BCUT2D eigenvalue weighted by Gasteiger charge is -2.36. The van der Waals surface area contributed by atoms with Gasteiger partial charge in [0.05, 0.1) is 17.4 Å². The number of alkyl halides is 3. The van der Waals surface area contributed by atoms with Gasteiger partial charge in [0.25, 0.3) is 17.7 Å². The monoisotopic (exact) mass is 915 g/mol. The zero-order valence-electron chi connectivity index (χ0n) is 36.2. The number of hydrogen-bond acceptors (Lipinski definition) is 11. The molecule has 3 N–H and O–H groups in total. The van der Waals surface area contributed by atoms with Crippen molar-refractivity contribution >= 4 is 61.4 Å². The predicted molar refractivity (Wildman–Crippen MR) is 235 cm³/mol. The summed E-state index contributed by atoms with van der Waals surface area (Å²) in [6.45, 7) is 9.09. The molecule has 1 aliphatic heterocycles. The van der Waals surface area contributed by atoms with Crippen LogP contribution in [0.15, 0.2) is 89.9 Å². The van der Waals surface area contributed by atoms with Gasteiger partial charge >= 0.3 is 6.18 Å². The van der Waals surface area contributed by atoms with E-state index in [-0.39, 0.29) is 48.1 Å². The highest BCUT2D eigenvalue weighted by Crippen LogP contribution is 2.46. The summed E-state index contributed by atoms with van der Waals surface area (Å²) < 4.78 is 81.2. The number of sulfonamides is 1. The molecule has 342 valence electrons. The number of carbonyl (C=O) groups excluding carboxylic acids is 4. The number of furan rings is 1. The standard InChI is InChI=1S/C46H48F3N7O8S/c1-7-27-23-45(27,43(60)54-65(61,62)31-19-20-31)53-39(57)33-22-30(24-56(33)42(59)37(44(2,3)4)50-29-12-10-11-26(21-29)41(58)55(5)6)63-40-36-35(32-13-8-9-14-34(32)64-36)51-38(52-40)25-15-17-28(18-16-25)46(47,48)49/h7-18,21,27,30-31,33,37,50H,1,19-20,22-24H2,2-6H3,(H,53,57)(H,54,60)/t27-,30-,33+,37-,45-/m1/s1. The highest BCUT2D eigenvalue weighted by molar-refractivity contribution is 7.91. The Labute approximate surface area is 372 Å². The van der Waals surface area contributed by atoms with Crippen molar-refractivity contribution in [1.29, 1.82) is 0 Å². The molecule has 1 saturated heterocycles. The molecule has 3 aliphatic rings. The first-order valence-electron chi connectivity index (χ1n) is 21.0. The number of rotatable bonds is 13. The topological polar surface area (TPSA) is 193 Å². The van der Waals surface area contributed by atoms with Crippen LogP contribution >= 0.6 is 0 Å². The number of anilines is 1. The van der Waals surface area contributed by atoms with Gasteiger partial charge in [-0.1, -0.05) is 57.2 Å². The minimum atomic E-state index is -4.58. The molecule has 65 heavy (non-hydrogen) atoms. The van der Waals surface area contributed by atoms with Crippen LogP contribution in [-0.4, -0.2) is 101 Å². The molecule has 4 amide bonds. The lowest BCUT2D eigenvalue weighted by molar-refractivity contribution is -0.141. The van der Waals surface area contributed by atoms with Gasteiger partial charge in [0, 0.05) is 48.6 Å². The third-order valence-electron chi connectivity index (χ3n) is 12.0. The second-order valence-corrected chi connectivity index (χ2v) is 20.1. The fourth-order valence-corrected chi connectivity index (χ4v) is 9.48. The van der Waals surface area contributed by atoms with E-state index in [1.807, 2.05) is 20.8 Å². The Morgan fingerprint density at radius 2 is 1.71 bits per heavy atom. The van der Waals surface area contributed by atoms with E-state index in [0.29, 0.717) is 40.6 Å². The summed E-state index contributed by atoms with van der Waals surface area (Å²) in [6.07, 6.45) is -3.33. The van der Waals surface area contributed by atoms with E-state index < -0.39 is 79.8 Å². The van der Waals surface area contributed by atoms with Gasteiger partial charge in [0.15, 0.2) is 5.82 Å². The maximum Gasteiger partial charge on any atom is 0.416 e. The number of para-hydroxylation sites is 1. The third-order valence-corrected chi connectivity index (χ3v) is 13.8. The highest BCUT2D eigenvalue weighted by atomic mass is 32.2. The fourth-order valence-electron chi connectivity index (χ4n) is 8.12. The Balaban J connectivity index is 1.16. The van der Waals surface area contributed by atoms with Crippen molar-refractivity contribution < 1.29 is 49.9 Å². The molecular weight excluding hydrogens is 868 g/mol. The first-order valence-corrected chi connectivity index (χ1v) is 22.6. The number of nitrogens with one attached hydrogen (secondary N) is 3. The number of aromatic nitrogens is 2. The molecule has 0 radical (unpaired) electrons. The molecule has 3 fully saturated rings. The number of carbonyl (C=O) groups is 4. The summed E-state index contributed by atoms with van der Waals surface area (Å²) in [5.74, 6) is -3.11. The van der Waals surface area contributed by atoms with Gasteiger partial charge in [-0.2, -0.15) is 18.2 Å². The number of halogens is 3. The second kappa shape index (κ2) is 16.5. The van der Waals surface area contributed by atoms with Gasteiger partial charge in [-0.25, -0.2) is 13.4 Å². The van der Waals surface area contributed by atoms with Gasteiger partial charge in [0.2, 0.25) is 27.4 Å². The van der Waals surface area contributed by atoms with Crippen LogP contribution in [0.1, 0.15) is 62.4 Å². The SMILES string of the molecule is C=C[C@@H]1C[C@]1(NC(=O)[C@@H]1C[C@@H](Oc2nc(-c3ccc(C(F)(F)F)cc3)nc3c2oc2ccccc23)CN1C(=O)[C@@H](Nc1cccc(C(=O)N(C)C)c1)C(C)(C)C)C(=O)NS(=O)(=O)C1CC1. The molecule has 0 bridgehead atoms. The predicted octanol–water partition coefficient (Wildman–Crippen LogP) is 6.31. The molecule has 2 aliphatic carbocycles. The molecule has 3 heterocycles. The van der Waals surface area contributed by atoms with Crippen LogP contribution in [0.2, 0.25) is 0 Å². The first-order chi connectivity index (χ1) is 30.6. The summed E-state index contributed by atoms with van der Waals surface area (Å²) in [7, 11) is -0.745. The lowest BCUT2D eigenvalue weighted by atomic mass is 9.85. The largest absolute Gasteiger partial charge is 0.470 e. The van der Waals surface area contributed by atoms with Crippen molar-refractivity contribution in [2.75, 3.05) is 26.0 Å². The maximum absolute atomic E-state index is 15.1.